The van der Waals surface area contributed by atoms with Crippen molar-refractivity contribution in [1.82, 2.24) is 19.9 Å². The maximum absolute atomic E-state index is 4.71. The zero-order valence-electron chi connectivity index (χ0n) is 17.2. The quantitative estimate of drug-likeness (QED) is 0.730. The molecule has 1 aliphatic rings. The van der Waals surface area contributed by atoms with E-state index in [1.807, 2.05) is 12.1 Å². The minimum Gasteiger partial charge on any atom is -0.353 e. The first-order valence-corrected chi connectivity index (χ1v) is 9.96. The van der Waals surface area contributed by atoms with Crippen molar-refractivity contribution in [2.45, 2.75) is 26.2 Å². The molecule has 1 saturated heterocycles. The van der Waals surface area contributed by atoms with Crippen LogP contribution in [0, 0.1) is 0 Å². The maximum atomic E-state index is 4.71. The van der Waals surface area contributed by atoms with E-state index in [4.69, 9.17) is 4.98 Å². The summed E-state index contributed by atoms with van der Waals surface area (Å²) in [7, 11) is 0. The number of piperazine rings is 1. The van der Waals surface area contributed by atoms with Crippen LogP contribution in [0.2, 0.25) is 0 Å². The SMILES string of the molecule is CC(C)(C)c1ccc(Nc2nccc(N3CCN(c4ncccn4)CC3)n2)cc1. The van der Waals surface area contributed by atoms with E-state index >= 15 is 0 Å². The summed E-state index contributed by atoms with van der Waals surface area (Å²) < 4.78 is 0. The summed E-state index contributed by atoms with van der Waals surface area (Å²) in [5.74, 6) is 2.33. The summed E-state index contributed by atoms with van der Waals surface area (Å²) in [5.41, 5.74) is 2.43. The molecule has 0 saturated carbocycles. The molecular formula is C22H27N7. The first kappa shape index (κ1) is 19.1. The Kier molecular flexibility index (Phi) is 5.29. The molecule has 4 rings (SSSR count). The largest absolute Gasteiger partial charge is 0.353 e. The molecule has 1 aliphatic heterocycles. The van der Waals surface area contributed by atoms with E-state index in [0.29, 0.717) is 5.95 Å². The van der Waals surface area contributed by atoms with E-state index in [-0.39, 0.29) is 5.41 Å². The van der Waals surface area contributed by atoms with E-state index in [0.717, 1.165) is 43.6 Å². The summed E-state index contributed by atoms with van der Waals surface area (Å²) in [5, 5.41) is 3.32. The Labute approximate surface area is 171 Å². The van der Waals surface area contributed by atoms with E-state index < -0.39 is 0 Å². The molecule has 2 aromatic heterocycles. The second kappa shape index (κ2) is 8.03. The average molecular weight is 390 g/mol. The van der Waals surface area contributed by atoms with Crippen molar-refractivity contribution in [3.05, 3.63) is 60.6 Å². The topological polar surface area (TPSA) is 70.1 Å². The molecular weight excluding hydrogens is 362 g/mol. The van der Waals surface area contributed by atoms with Crippen LogP contribution < -0.4 is 15.1 Å². The standard InChI is InChI=1S/C22H27N7/c1-22(2,3)17-5-7-18(8-6-17)26-20-23-12-9-19(27-20)28-13-15-29(16-14-28)21-24-10-4-11-25-21/h4-12H,13-16H2,1-3H3,(H,23,26,27). The molecule has 7 heteroatoms. The van der Waals surface area contributed by atoms with Crippen molar-refractivity contribution < 1.29 is 0 Å². The fraction of sp³-hybridized carbons (Fsp3) is 0.364. The predicted molar refractivity (Wildman–Crippen MR) is 117 cm³/mol. The highest BCUT2D eigenvalue weighted by Crippen LogP contribution is 2.25. The molecule has 0 atom stereocenters. The van der Waals surface area contributed by atoms with Crippen LogP contribution in [0.1, 0.15) is 26.3 Å². The van der Waals surface area contributed by atoms with Gasteiger partial charge < -0.3 is 15.1 Å². The van der Waals surface area contributed by atoms with Gasteiger partial charge in [0.1, 0.15) is 5.82 Å². The molecule has 0 spiro atoms. The molecule has 1 N–H and O–H groups in total. The Bertz CT molecular complexity index is 927. The van der Waals surface area contributed by atoms with Crippen LogP contribution in [-0.4, -0.2) is 46.1 Å². The molecule has 0 bridgehead atoms. The Hall–Kier alpha value is -3.22. The zero-order valence-corrected chi connectivity index (χ0v) is 17.2. The van der Waals surface area contributed by atoms with Crippen LogP contribution >= 0.6 is 0 Å². The number of benzene rings is 1. The second-order valence-electron chi connectivity index (χ2n) is 8.21. The van der Waals surface area contributed by atoms with Crippen molar-refractivity contribution in [1.29, 1.82) is 0 Å². The molecule has 0 radical (unpaired) electrons. The molecule has 0 aliphatic carbocycles. The fourth-order valence-electron chi connectivity index (χ4n) is 3.36. The van der Waals surface area contributed by atoms with Crippen molar-refractivity contribution in [2.24, 2.45) is 0 Å². The lowest BCUT2D eigenvalue weighted by Crippen LogP contribution is -2.47. The molecule has 1 fully saturated rings. The Balaban J connectivity index is 1.40. The van der Waals surface area contributed by atoms with E-state index in [1.165, 1.54) is 5.56 Å². The van der Waals surface area contributed by atoms with Gasteiger partial charge in [0.2, 0.25) is 11.9 Å². The monoisotopic (exact) mass is 389 g/mol. The summed E-state index contributed by atoms with van der Waals surface area (Å²) >= 11 is 0. The van der Waals surface area contributed by atoms with Crippen molar-refractivity contribution >= 4 is 23.4 Å². The molecule has 150 valence electrons. The Morgan fingerprint density at radius 3 is 2.10 bits per heavy atom. The highest BCUT2D eigenvalue weighted by molar-refractivity contribution is 5.56. The van der Waals surface area contributed by atoms with Gasteiger partial charge in [-0.15, -0.1) is 0 Å². The first-order valence-electron chi connectivity index (χ1n) is 9.96. The normalized spacial score (nSPS) is 14.7. The molecule has 7 nitrogen and oxygen atoms in total. The summed E-state index contributed by atoms with van der Waals surface area (Å²) in [6.45, 7) is 10.1. The molecule has 29 heavy (non-hydrogen) atoms. The van der Waals surface area contributed by atoms with Crippen LogP contribution in [0.25, 0.3) is 0 Å². The van der Waals surface area contributed by atoms with Gasteiger partial charge in [0.15, 0.2) is 0 Å². The third kappa shape index (κ3) is 4.62. The van der Waals surface area contributed by atoms with Gasteiger partial charge >= 0.3 is 0 Å². The van der Waals surface area contributed by atoms with Crippen LogP contribution in [0.4, 0.5) is 23.4 Å². The Morgan fingerprint density at radius 2 is 1.45 bits per heavy atom. The van der Waals surface area contributed by atoms with Gasteiger partial charge in [-0.3, -0.25) is 0 Å². The smallest absolute Gasteiger partial charge is 0.229 e. The second-order valence-corrected chi connectivity index (χ2v) is 8.21. The molecule has 3 aromatic rings. The van der Waals surface area contributed by atoms with Crippen molar-refractivity contribution in [3.8, 4) is 0 Å². The number of rotatable bonds is 4. The van der Waals surface area contributed by atoms with Gasteiger partial charge in [-0.1, -0.05) is 32.9 Å². The first-order chi connectivity index (χ1) is 14.0. The van der Waals surface area contributed by atoms with Crippen LogP contribution in [-0.2, 0) is 5.41 Å². The number of aromatic nitrogens is 4. The molecule has 1 aromatic carbocycles. The Morgan fingerprint density at radius 1 is 0.793 bits per heavy atom. The number of nitrogens with zero attached hydrogens (tertiary/aromatic N) is 6. The van der Waals surface area contributed by atoms with Gasteiger partial charge in [0, 0.05) is 50.5 Å². The molecule has 3 heterocycles. The number of anilines is 4. The highest BCUT2D eigenvalue weighted by atomic mass is 15.3. The lowest BCUT2D eigenvalue weighted by molar-refractivity contribution is 0.590. The number of hydrogen-bond acceptors (Lipinski definition) is 7. The van der Waals surface area contributed by atoms with Crippen molar-refractivity contribution in [2.75, 3.05) is 41.3 Å². The van der Waals surface area contributed by atoms with E-state index in [9.17, 15) is 0 Å². The van der Waals surface area contributed by atoms with Gasteiger partial charge in [-0.05, 0) is 35.2 Å². The zero-order chi connectivity index (χ0) is 20.3. The van der Waals surface area contributed by atoms with Gasteiger partial charge in [0.05, 0.1) is 0 Å². The van der Waals surface area contributed by atoms with Crippen LogP contribution in [0.5, 0.6) is 0 Å². The third-order valence-electron chi connectivity index (χ3n) is 5.09. The minimum atomic E-state index is 0.141. The summed E-state index contributed by atoms with van der Waals surface area (Å²) in [4.78, 5) is 22.3. The summed E-state index contributed by atoms with van der Waals surface area (Å²) in [6.07, 6.45) is 5.37. The average Bonchev–Trinajstić information content (AvgIpc) is 2.74. The molecule has 0 unspecified atom stereocenters. The predicted octanol–water partition coefficient (Wildman–Crippen LogP) is 3.63. The lowest BCUT2D eigenvalue weighted by atomic mass is 9.87. The maximum Gasteiger partial charge on any atom is 0.229 e. The summed E-state index contributed by atoms with van der Waals surface area (Å²) in [6, 6.07) is 12.3. The number of nitrogens with one attached hydrogen (secondary N) is 1. The van der Waals surface area contributed by atoms with Crippen LogP contribution in [0.15, 0.2) is 55.0 Å². The van der Waals surface area contributed by atoms with Crippen molar-refractivity contribution in [3.63, 3.8) is 0 Å². The lowest BCUT2D eigenvalue weighted by Gasteiger charge is -2.35. The van der Waals surface area contributed by atoms with E-state index in [2.05, 4.69) is 75.1 Å². The van der Waals surface area contributed by atoms with E-state index in [1.54, 1.807) is 18.6 Å². The highest BCUT2D eigenvalue weighted by Gasteiger charge is 2.20. The van der Waals surface area contributed by atoms with Gasteiger partial charge in [-0.25, -0.2) is 15.0 Å². The fourth-order valence-corrected chi connectivity index (χ4v) is 3.36. The minimum absolute atomic E-state index is 0.141. The number of hydrogen-bond donors (Lipinski definition) is 1. The third-order valence-corrected chi connectivity index (χ3v) is 5.09. The van der Waals surface area contributed by atoms with Gasteiger partial charge in [-0.2, -0.15) is 4.98 Å². The van der Waals surface area contributed by atoms with Crippen LogP contribution in [0.3, 0.4) is 0 Å². The molecule has 0 amide bonds. The van der Waals surface area contributed by atoms with Gasteiger partial charge in [0.25, 0.3) is 0 Å².